The molecule has 0 aliphatic carbocycles. The van der Waals surface area contributed by atoms with Gasteiger partial charge in [0.25, 0.3) is 0 Å². The van der Waals surface area contributed by atoms with E-state index >= 15 is 0 Å². The van der Waals surface area contributed by atoms with E-state index in [1.165, 1.54) is 0 Å². The summed E-state index contributed by atoms with van der Waals surface area (Å²) in [6.45, 7) is 3.48. The predicted molar refractivity (Wildman–Crippen MR) is 62.1 cm³/mol. The van der Waals surface area contributed by atoms with Crippen molar-refractivity contribution < 1.29 is 14.6 Å². The molecular weight excluding hydrogens is 206 g/mol. The molecule has 1 aliphatic heterocycles. The van der Waals surface area contributed by atoms with Crippen LogP contribution in [-0.4, -0.2) is 48.8 Å². The Kier molecular flexibility index (Phi) is 5.77. The standard InChI is InChI=1S/C12H23NO3/c1-10(9-16-2)12(15)13-7-3-5-11(13)6-4-8-14/h10-11,14H,3-9H2,1-2H3. The summed E-state index contributed by atoms with van der Waals surface area (Å²) in [7, 11) is 1.62. The van der Waals surface area contributed by atoms with Gasteiger partial charge >= 0.3 is 0 Å². The lowest BCUT2D eigenvalue weighted by molar-refractivity contribution is -0.137. The van der Waals surface area contributed by atoms with Gasteiger partial charge in [-0.2, -0.15) is 0 Å². The first-order valence-corrected chi connectivity index (χ1v) is 6.11. The van der Waals surface area contributed by atoms with Gasteiger partial charge in [0, 0.05) is 26.3 Å². The maximum absolute atomic E-state index is 12.1. The van der Waals surface area contributed by atoms with Crippen LogP contribution in [0.5, 0.6) is 0 Å². The summed E-state index contributed by atoms with van der Waals surface area (Å²) < 4.78 is 5.01. The van der Waals surface area contributed by atoms with Crippen molar-refractivity contribution in [3.63, 3.8) is 0 Å². The zero-order chi connectivity index (χ0) is 12.0. The van der Waals surface area contributed by atoms with Crippen LogP contribution in [0.1, 0.15) is 32.6 Å². The highest BCUT2D eigenvalue weighted by atomic mass is 16.5. The van der Waals surface area contributed by atoms with Crippen LogP contribution in [-0.2, 0) is 9.53 Å². The molecule has 0 saturated carbocycles. The number of aliphatic hydroxyl groups excluding tert-OH is 1. The van der Waals surface area contributed by atoms with Crippen LogP contribution in [0.25, 0.3) is 0 Å². The second-order valence-corrected chi connectivity index (χ2v) is 4.55. The third kappa shape index (κ3) is 3.46. The van der Waals surface area contributed by atoms with E-state index in [4.69, 9.17) is 9.84 Å². The van der Waals surface area contributed by atoms with Gasteiger partial charge in [-0.05, 0) is 25.7 Å². The van der Waals surface area contributed by atoms with Crippen molar-refractivity contribution in [2.45, 2.75) is 38.6 Å². The van der Waals surface area contributed by atoms with Gasteiger partial charge < -0.3 is 14.7 Å². The number of ether oxygens (including phenoxy) is 1. The van der Waals surface area contributed by atoms with Crippen LogP contribution in [0.15, 0.2) is 0 Å². The smallest absolute Gasteiger partial charge is 0.227 e. The number of likely N-dealkylation sites (tertiary alicyclic amines) is 1. The zero-order valence-electron chi connectivity index (χ0n) is 10.3. The van der Waals surface area contributed by atoms with Crippen LogP contribution >= 0.6 is 0 Å². The Morgan fingerprint density at radius 1 is 1.62 bits per heavy atom. The number of hydrogen-bond acceptors (Lipinski definition) is 3. The summed E-state index contributed by atoms with van der Waals surface area (Å²) in [4.78, 5) is 14.1. The monoisotopic (exact) mass is 229 g/mol. The van der Waals surface area contributed by atoms with Crippen LogP contribution in [0, 0.1) is 5.92 Å². The van der Waals surface area contributed by atoms with Gasteiger partial charge in [0.1, 0.15) is 0 Å². The van der Waals surface area contributed by atoms with E-state index in [1.807, 2.05) is 11.8 Å². The lowest BCUT2D eigenvalue weighted by atomic mass is 10.1. The zero-order valence-corrected chi connectivity index (χ0v) is 10.3. The average molecular weight is 229 g/mol. The molecule has 0 spiro atoms. The highest BCUT2D eigenvalue weighted by Crippen LogP contribution is 2.23. The molecule has 1 fully saturated rings. The number of aliphatic hydroxyl groups is 1. The Hall–Kier alpha value is -0.610. The third-order valence-corrected chi connectivity index (χ3v) is 3.19. The highest BCUT2D eigenvalue weighted by Gasteiger charge is 2.30. The molecule has 1 N–H and O–H groups in total. The van der Waals surface area contributed by atoms with Gasteiger partial charge in [0.05, 0.1) is 12.5 Å². The molecule has 1 amide bonds. The van der Waals surface area contributed by atoms with Crippen LogP contribution in [0.4, 0.5) is 0 Å². The summed E-state index contributed by atoms with van der Waals surface area (Å²) in [6, 6.07) is 0.332. The van der Waals surface area contributed by atoms with Crippen molar-refractivity contribution in [3.05, 3.63) is 0 Å². The van der Waals surface area contributed by atoms with Gasteiger partial charge in [-0.3, -0.25) is 4.79 Å². The molecule has 0 aromatic carbocycles. The maximum atomic E-state index is 12.1. The highest BCUT2D eigenvalue weighted by molar-refractivity contribution is 5.79. The minimum Gasteiger partial charge on any atom is -0.396 e. The molecule has 0 radical (unpaired) electrons. The van der Waals surface area contributed by atoms with Crippen molar-refractivity contribution >= 4 is 5.91 Å². The SMILES string of the molecule is COCC(C)C(=O)N1CCCC1CCCO. The minimum absolute atomic E-state index is 0.0558. The number of rotatable bonds is 6. The molecule has 1 rings (SSSR count). The molecule has 0 bridgehead atoms. The predicted octanol–water partition coefficient (Wildman–Crippen LogP) is 1.03. The topological polar surface area (TPSA) is 49.8 Å². The lowest BCUT2D eigenvalue weighted by Crippen LogP contribution is -2.40. The van der Waals surface area contributed by atoms with Crippen LogP contribution in [0.3, 0.4) is 0 Å². The first kappa shape index (κ1) is 13.5. The first-order chi connectivity index (χ1) is 7.70. The second-order valence-electron chi connectivity index (χ2n) is 4.55. The van der Waals surface area contributed by atoms with Crippen molar-refractivity contribution in [1.29, 1.82) is 0 Å². The van der Waals surface area contributed by atoms with E-state index in [2.05, 4.69) is 0 Å². The fraction of sp³-hybridized carbons (Fsp3) is 0.917. The summed E-state index contributed by atoms with van der Waals surface area (Å²) in [5.41, 5.74) is 0. The lowest BCUT2D eigenvalue weighted by Gasteiger charge is -2.27. The largest absolute Gasteiger partial charge is 0.396 e. The van der Waals surface area contributed by atoms with E-state index in [1.54, 1.807) is 7.11 Å². The van der Waals surface area contributed by atoms with Crippen molar-refractivity contribution in [3.8, 4) is 0 Å². The molecule has 1 heterocycles. The molecule has 16 heavy (non-hydrogen) atoms. The Morgan fingerprint density at radius 2 is 2.38 bits per heavy atom. The molecule has 1 saturated heterocycles. The summed E-state index contributed by atoms with van der Waals surface area (Å²) in [5.74, 6) is 0.141. The molecular formula is C12H23NO3. The molecule has 0 aromatic heterocycles. The van der Waals surface area contributed by atoms with Crippen LogP contribution in [0.2, 0.25) is 0 Å². The normalized spacial score (nSPS) is 22.4. The Morgan fingerprint density at radius 3 is 3.00 bits per heavy atom. The van der Waals surface area contributed by atoms with E-state index in [0.717, 1.165) is 32.2 Å². The number of nitrogens with zero attached hydrogens (tertiary/aromatic N) is 1. The quantitative estimate of drug-likeness (QED) is 0.740. The number of carbonyl (C=O) groups is 1. The van der Waals surface area contributed by atoms with E-state index in [9.17, 15) is 4.79 Å². The van der Waals surface area contributed by atoms with Gasteiger partial charge in [0.15, 0.2) is 0 Å². The number of methoxy groups -OCH3 is 1. The van der Waals surface area contributed by atoms with Gasteiger partial charge in [-0.25, -0.2) is 0 Å². The maximum Gasteiger partial charge on any atom is 0.227 e. The number of amides is 1. The molecule has 4 nitrogen and oxygen atoms in total. The molecule has 0 aromatic rings. The van der Waals surface area contributed by atoms with Gasteiger partial charge in [-0.1, -0.05) is 6.92 Å². The Labute approximate surface area is 97.6 Å². The van der Waals surface area contributed by atoms with Crippen LogP contribution < -0.4 is 0 Å². The van der Waals surface area contributed by atoms with Crippen molar-refractivity contribution in [1.82, 2.24) is 4.90 Å². The fourth-order valence-corrected chi connectivity index (χ4v) is 2.36. The summed E-state index contributed by atoms with van der Waals surface area (Å²) in [6.07, 6.45) is 3.86. The molecule has 94 valence electrons. The Balaban J connectivity index is 2.46. The number of carbonyl (C=O) groups excluding carboxylic acids is 1. The van der Waals surface area contributed by atoms with Crippen molar-refractivity contribution in [2.24, 2.45) is 5.92 Å². The van der Waals surface area contributed by atoms with E-state index in [0.29, 0.717) is 12.6 Å². The third-order valence-electron chi connectivity index (χ3n) is 3.19. The molecule has 1 aliphatic rings. The van der Waals surface area contributed by atoms with Gasteiger partial charge in [-0.15, -0.1) is 0 Å². The Bertz CT molecular complexity index is 220. The summed E-state index contributed by atoms with van der Waals surface area (Å²) in [5, 5.41) is 8.82. The first-order valence-electron chi connectivity index (χ1n) is 6.11. The second kappa shape index (κ2) is 6.86. The molecule has 2 atom stereocenters. The van der Waals surface area contributed by atoms with Crippen molar-refractivity contribution in [2.75, 3.05) is 26.9 Å². The number of hydrogen-bond donors (Lipinski definition) is 1. The molecule has 2 unspecified atom stereocenters. The van der Waals surface area contributed by atoms with Gasteiger partial charge in [0.2, 0.25) is 5.91 Å². The fourth-order valence-electron chi connectivity index (χ4n) is 2.36. The average Bonchev–Trinajstić information content (AvgIpc) is 2.73. The summed E-state index contributed by atoms with van der Waals surface area (Å²) >= 11 is 0. The molecule has 4 heteroatoms. The minimum atomic E-state index is -0.0558. The van der Waals surface area contributed by atoms with E-state index in [-0.39, 0.29) is 18.4 Å². The van der Waals surface area contributed by atoms with E-state index < -0.39 is 0 Å².